The maximum absolute atomic E-state index is 12.5. The molecule has 2 aromatic carbocycles. The molecule has 2 aromatic rings. The van der Waals surface area contributed by atoms with Gasteiger partial charge in [-0.25, -0.2) is 0 Å². The molecule has 1 unspecified atom stereocenters. The van der Waals surface area contributed by atoms with E-state index in [0.717, 1.165) is 25.0 Å². The highest BCUT2D eigenvalue weighted by Gasteiger charge is 2.18. The Hall–Kier alpha value is -2.77. The van der Waals surface area contributed by atoms with Gasteiger partial charge < -0.3 is 15.4 Å². The summed E-state index contributed by atoms with van der Waals surface area (Å²) in [4.78, 5) is 24.9. The first-order chi connectivity index (χ1) is 13.5. The second-order valence-electron chi connectivity index (χ2n) is 6.67. The molecule has 1 fully saturated rings. The Morgan fingerprint density at radius 3 is 2.71 bits per heavy atom. The van der Waals surface area contributed by atoms with Gasteiger partial charge in [0.15, 0.2) is 5.11 Å². The molecular weight excluding hydrogens is 374 g/mol. The van der Waals surface area contributed by atoms with Gasteiger partial charge in [-0.15, -0.1) is 0 Å². The number of para-hydroxylation sites is 1. The lowest BCUT2D eigenvalue weighted by molar-refractivity contribution is 0.0858. The van der Waals surface area contributed by atoms with Crippen LogP contribution in [0.3, 0.4) is 0 Å². The van der Waals surface area contributed by atoms with Gasteiger partial charge in [0, 0.05) is 18.7 Å². The van der Waals surface area contributed by atoms with E-state index in [-0.39, 0.29) is 23.0 Å². The van der Waals surface area contributed by atoms with Crippen molar-refractivity contribution in [3.8, 4) is 0 Å². The van der Waals surface area contributed by atoms with Crippen LogP contribution in [0.1, 0.15) is 39.1 Å². The van der Waals surface area contributed by atoms with Gasteiger partial charge in [0.2, 0.25) is 0 Å². The molecule has 7 heteroatoms. The van der Waals surface area contributed by atoms with Gasteiger partial charge in [-0.05, 0) is 56.2 Å². The average Bonchev–Trinajstić information content (AvgIpc) is 3.20. The van der Waals surface area contributed by atoms with Crippen LogP contribution in [0.5, 0.6) is 0 Å². The smallest absolute Gasteiger partial charge is 0.257 e. The molecule has 0 spiro atoms. The molecule has 0 aliphatic carbocycles. The van der Waals surface area contributed by atoms with E-state index in [2.05, 4.69) is 16.0 Å². The van der Waals surface area contributed by atoms with Crippen LogP contribution in [0.15, 0.2) is 48.5 Å². The molecule has 1 aliphatic rings. The molecule has 28 heavy (non-hydrogen) atoms. The molecule has 0 bridgehead atoms. The summed E-state index contributed by atoms with van der Waals surface area (Å²) in [5.41, 5.74) is 2.49. The third-order valence-electron chi connectivity index (χ3n) is 4.44. The number of anilines is 1. The monoisotopic (exact) mass is 397 g/mol. The molecule has 0 aromatic heterocycles. The summed E-state index contributed by atoms with van der Waals surface area (Å²) in [6, 6.07) is 14.3. The van der Waals surface area contributed by atoms with E-state index in [1.165, 1.54) is 0 Å². The zero-order chi connectivity index (χ0) is 19.9. The van der Waals surface area contributed by atoms with E-state index in [1.54, 1.807) is 36.4 Å². The second kappa shape index (κ2) is 9.43. The first-order valence-electron chi connectivity index (χ1n) is 9.21. The van der Waals surface area contributed by atoms with E-state index in [4.69, 9.17) is 17.0 Å². The van der Waals surface area contributed by atoms with Crippen LogP contribution < -0.4 is 16.0 Å². The predicted octanol–water partition coefficient (Wildman–Crippen LogP) is 3.03. The Labute approximate surface area is 169 Å². The van der Waals surface area contributed by atoms with Crippen molar-refractivity contribution in [2.75, 3.05) is 18.5 Å². The van der Waals surface area contributed by atoms with Crippen molar-refractivity contribution in [3.63, 3.8) is 0 Å². The third kappa shape index (κ3) is 5.37. The van der Waals surface area contributed by atoms with Crippen LogP contribution in [0, 0.1) is 6.92 Å². The van der Waals surface area contributed by atoms with E-state index in [1.807, 2.05) is 19.1 Å². The van der Waals surface area contributed by atoms with Crippen molar-refractivity contribution >= 4 is 34.8 Å². The Morgan fingerprint density at radius 1 is 1.14 bits per heavy atom. The molecule has 3 rings (SSSR count). The molecule has 146 valence electrons. The zero-order valence-electron chi connectivity index (χ0n) is 15.7. The van der Waals surface area contributed by atoms with E-state index >= 15 is 0 Å². The molecule has 2 amide bonds. The number of amides is 2. The fourth-order valence-corrected chi connectivity index (χ4v) is 3.22. The van der Waals surface area contributed by atoms with Crippen molar-refractivity contribution in [2.24, 2.45) is 0 Å². The van der Waals surface area contributed by atoms with Crippen LogP contribution in [-0.2, 0) is 4.74 Å². The lowest BCUT2D eigenvalue weighted by Crippen LogP contribution is -2.35. The molecule has 1 heterocycles. The number of hydrogen-bond donors (Lipinski definition) is 3. The van der Waals surface area contributed by atoms with Gasteiger partial charge in [-0.2, -0.15) is 0 Å². The van der Waals surface area contributed by atoms with E-state index in [9.17, 15) is 9.59 Å². The maximum Gasteiger partial charge on any atom is 0.257 e. The highest BCUT2D eigenvalue weighted by Crippen LogP contribution is 2.16. The van der Waals surface area contributed by atoms with Gasteiger partial charge in [-0.1, -0.05) is 29.8 Å². The predicted molar refractivity (Wildman–Crippen MR) is 113 cm³/mol. The summed E-state index contributed by atoms with van der Waals surface area (Å²) in [5.74, 6) is -0.520. The number of ether oxygens (including phenoxy) is 1. The number of carbonyl (C=O) groups is 2. The Bertz CT molecular complexity index is 879. The number of aryl methyl sites for hydroxylation is 1. The summed E-state index contributed by atoms with van der Waals surface area (Å²) in [6.07, 6.45) is 2.04. The standard InChI is InChI=1S/C21H23N3O3S/c1-14-6-4-7-15(12-14)19(25)24-21(28)23-18-10-3-2-9-17(18)20(26)22-13-16-8-5-11-27-16/h2-4,6-7,9-10,12,16H,5,8,11,13H2,1H3,(H,22,26)(H2,23,24,25,28). The second-order valence-corrected chi connectivity index (χ2v) is 7.08. The molecular formula is C21H23N3O3S. The summed E-state index contributed by atoms with van der Waals surface area (Å²) < 4.78 is 5.53. The molecule has 0 radical (unpaired) electrons. The van der Waals surface area contributed by atoms with Gasteiger partial charge in [0.1, 0.15) is 0 Å². The summed E-state index contributed by atoms with van der Waals surface area (Å²) >= 11 is 5.25. The quantitative estimate of drug-likeness (QED) is 0.676. The fourth-order valence-electron chi connectivity index (χ4n) is 3.01. The lowest BCUT2D eigenvalue weighted by Gasteiger charge is -2.15. The van der Waals surface area contributed by atoms with E-state index in [0.29, 0.717) is 23.4 Å². The van der Waals surface area contributed by atoms with Gasteiger partial charge in [0.05, 0.1) is 17.4 Å². The molecule has 1 saturated heterocycles. The number of carbonyl (C=O) groups excluding carboxylic acids is 2. The Morgan fingerprint density at radius 2 is 1.96 bits per heavy atom. The third-order valence-corrected chi connectivity index (χ3v) is 4.65. The number of hydrogen-bond acceptors (Lipinski definition) is 4. The average molecular weight is 398 g/mol. The molecule has 6 nitrogen and oxygen atoms in total. The summed E-state index contributed by atoms with van der Waals surface area (Å²) in [5, 5.41) is 8.61. The first kappa shape index (κ1) is 20.0. The number of nitrogens with one attached hydrogen (secondary N) is 3. The van der Waals surface area contributed by atoms with Gasteiger partial charge >= 0.3 is 0 Å². The minimum Gasteiger partial charge on any atom is -0.376 e. The minimum atomic E-state index is -0.304. The molecule has 3 N–H and O–H groups in total. The number of rotatable bonds is 5. The summed E-state index contributed by atoms with van der Waals surface area (Å²) in [6.45, 7) is 3.13. The topological polar surface area (TPSA) is 79.5 Å². The summed E-state index contributed by atoms with van der Waals surface area (Å²) in [7, 11) is 0. The number of benzene rings is 2. The van der Waals surface area contributed by atoms with Gasteiger partial charge in [-0.3, -0.25) is 14.9 Å². The Kier molecular flexibility index (Phi) is 6.73. The van der Waals surface area contributed by atoms with E-state index < -0.39 is 0 Å². The Balaban J connectivity index is 1.61. The van der Waals surface area contributed by atoms with Crippen molar-refractivity contribution in [3.05, 3.63) is 65.2 Å². The van der Waals surface area contributed by atoms with Crippen molar-refractivity contribution in [2.45, 2.75) is 25.9 Å². The molecule has 0 saturated carbocycles. The normalized spacial score (nSPS) is 15.7. The highest BCUT2D eigenvalue weighted by atomic mass is 32.1. The SMILES string of the molecule is Cc1cccc(C(=O)NC(=S)Nc2ccccc2C(=O)NCC2CCCO2)c1. The van der Waals surface area contributed by atoms with Crippen LogP contribution in [0.4, 0.5) is 5.69 Å². The zero-order valence-corrected chi connectivity index (χ0v) is 16.5. The molecule has 1 atom stereocenters. The number of thiocarbonyl (C=S) groups is 1. The fraction of sp³-hybridized carbons (Fsp3) is 0.286. The highest BCUT2D eigenvalue weighted by molar-refractivity contribution is 7.80. The largest absolute Gasteiger partial charge is 0.376 e. The van der Waals surface area contributed by atoms with Crippen LogP contribution >= 0.6 is 12.2 Å². The van der Waals surface area contributed by atoms with Crippen LogP contribution in [0.25, 0.3) is 0 Å². The van der Waals surface area contributed by atoms with Crippen LogP contribution in [-0.4, -0.2) is 36.2 Å². The van der Waals surface area contributed by atoms with Crippen molar-refractivity contribution in [1.29, 1.82) is 0 Å². The van der Waals surface area contributed by atoms with Crippen molar-refractivity contribution in [1.82, 2.24) is 10.6 Å². The molecule has 1 aliphatic heterocycles. The first-order valence-corrected chi connectivity index (χ1v) is 9.61. The van der Waals surface area contributed by atoms with Crippen LogP contribution in [0.2, 0.25) is 0 Å². The minimum absolute atomic E-state index is 0.0683. The maximum atomic E-state index is 12.5. The lowest BCUT2D eigenvalue weighted by atomic mass is 10.1. The van der Waals surface area contributed by atoms with Crippen molar-refractivity contribution < 1.29 is 14.3 Å². The van der Waals surface area contributed by atoms with Gasteiger partial charge in [0.25, 0.3) is 11.8 Å².